The van der Waals surface area contributed by atoms with E-state index in [9.17, 15) is 5.11 Å². The molecule has 0 bridgehead atoms. The van der Waals surface area contributed by atoms with Crippen LogP contribution in [0.1, 0.15) is 11.1 Å². The lowest BCUT2D eigenvalue weighted by Crippen LogP contribution is -1.96. The summed E-state index contributed by atoms with van der Waals surface area (Å²) < 4.78 is 6.48. The van der Waals surface area contributed by atoms with Crippen molar-refractivity contribution in [2.24, 2.45) is 0 Å². The molecule has 1 N–H and O–H groups in total. The van der Waals surface area contributed by atoms with Crippen molar-refractivity contribution in [3.8, 4) is 11.6 Å². The van der Waals surface area contributed by atoms with E-state index in [1.165, 1.54) is 0 Å². The monoisotopic (exact) mass is 327 g/mol. The lowest BCUT2D eigenvalue weighted by molar-refractivity contribution is 0.275. The molecular weight excluding hydrogens is 318 g/mol. The first-order chi connectivity index (χ1) is 8.60. The SMILES string of the molecule is Cc1ccc(Cl)cc1Oc1ncc(Br)cc1CO. The summed E-state index contributed by atoms with van der Waals surface area (Å²) in [6.07, 6.45) is 1.62. The second-order valence-electron chi connectivity index (χ2n) is 3.79. The van der Waals surface area contributed by atoms with Crippen LogP contribution in [0.25, 0.3) is 0 Å². The highest BCUT2D eigenvalue weighted by molar-refractivity contribution is 9.10. The van der Waals surface area contributed by atoms with Crippen molar-refractivity contribution in [3.05, 3.63) is 51.1 Å². The zero-order valence-electron chi connectivity index (χ0n) is 9.65. The normalized spacial score (nSPS) is 10.4. The average molecular weight is 329 g/mol. The number of aryl methyl sites for hydroxylation is 1. The first-order valence-electron chi connectivity index (χ1n) is 5.29. The van der Waals surface area contributed by atoms with Gasteiger partial charge in [-0.05, 0) is 46.6 Å². The summed E-state index contributed by atoms with van der Waals surface area (Å²) in [6.45, 7) is 1.78. The Balaban J connectivity index is 2.36. The summed E-state index contributed by atoms with van der Waals surface area (Å²) in [5, 5.41) is 9.87. The Morgan fingerprint density at radius 1 is 1.39 bits per heavy atom. The Bertz CT molecular complexity index is 575. The molecule has 1 aromatic carbocycles. The second-order valence-corrected chi connectivity index (χ2v) is 5.14. The minimum atomic E-state index is -0.138. The molecule has 18 heavy (non-hydrogen) atoms. The van der Waals surface area contributed by atoms with E-state index in [1.807, 2.05) is 13.0 Å². The number of hydrogen-bond acceptors (Lipinski definition) is 3. The van der Waals surface area contributed by atoms with Gasteiger partial charge in [0.25, 0.3) is 0 Å². The molecule has 3 nitrogen and oxygen atoms in total. The molecule has 94 valence electrons. The fraction of sp³-hybridized carbons (Fsp3) is 0.154. The maximum atomic E-state index is 9.28. The largest absolute Gasteiger partial charge is 0.438 e. The van der Waals surface area contributed by atoms with Crippen LogP contribution in [-0.4, -0.2) is 10.1 Å². The number of nitrogens with zero attached hydrogens (tertiary/aromatic N) is 1. The molecule has 0 unspecified atom stereocenters. The van der Waals surface area contributed by atoms with E-state index in [0.717, 1.165) is 10.0 Å². The van der Waals surface area contributed by atoms with Crippen molar-refractivity contribution >= 4 is 27.5 Å². The first kappa shape index (κ1) is 13.3. The highest BCUT2D eigenvalue weighted by Crippen LogP contribution is 2.29. The van der Waals surface area contributed by atoms with Crippen LogP contribution in [-0.2, 0) is 6.61 Å². The van der Waals surface area contributed by atoms with Gasteiger partial charge in [-0.1, -0.05) is 17.7 Å². The quantitative estimate of drug-likeness (QED) is 0.922. The fourth-order valence-electron chi connectivity index (χ4n) is 1.46. The van der Waals surface area contributed by atoms with Gasteiger partial charge in [0.05, 0.1) is 6.61 Å². The summed E-state index contributed by atoms with van der Waals surface area (Å²) in [5.74, 6) is 1.01. The maximum Gasteiger partial charge on any atom is 0.224 e. The van der Waals surface area contributed by atoms with Gasteiger partial charge in [-0.3, -0.25) is 0 Å². The van der Waals surface area contributed by atoms with Crippen LogP contribution in [0, 0.1) is 6.92 Å². The summed E-state index contributed by atoms with van der Waals surface area (Å²) in [5.41, 5.74) is 1.57. The molecule has 0 aliphatic rings. The third-order valence-corrected chi connectivity index (χ3v) is 3.09. The molecule has 0 radical (unpaired) electrons. The van der Waals surface area contributed by atoms with Crippen molar-refractivity contribution in [1.82, 2.24) is 4.98 Å². The molecule has 0 saturated heterocycles. The number of benzene rings is 1. The molecule has 0 amide bonds. The van der Waals surface area contributed by atoms with E-state index in [-0.39, 0.29) is 6.61 Å². The number of halogens is 2. The zero-order valence-corrected chi connectivity index (χ0v) is 12.0. The van der Waals surface area contributed by atoms with E-state index >= 15 is 0 Å². The number of ether oxygens (including phenoxy) is 1. The number of hydrogen-bond donors (Lipinski definition) is 1. The number of rotatable bonds is 3. The number of aromatic nitrogens is 1. The van der Waals surface area contributed by atoms with Crippen LogP contribution in [0.2, 0.25) is 5.02 Å². The minimum Gasteiger partial charge on any atom is -0.438 e. The van der Waals surface area contributed by atoms with Crippen molar-refractivity contribution in [2.45, 2.75) is 13.5 Å². The van der Waals surface area contributed by atoms with Crippen LogP contribution >= 0.6 is 27.5 Å². The lowest BCUT2D eigenvalue weighted by Gasteiger charge is -2.11. The van der Waals surface area contributed by atoms with Crippen LogP contribution < -0.4 is 4.74 Å². The van der Waals surface area contributed by atoms with Crippen LogP contribution in [0.3, 0.4) is 0 Å². The van der Waals surface area contributed by atoms with Gasteiger partial charge >= 0.3 is 0 Å². The van der Waals surface area contributed by atoms with Gasteiger partial charge in [0, 0.05) is 21.3 Å². The molecule has 0 spiro atoms. The van der Waals surface area contributed by atoms with Crippen molar-refractivity contribution in [2.75, 3.05) is 0 Å². The average Bonchev–Trinajstić information content (AvgIpc) is 2.36. The molecule has 1 aromatic heterocycles. The Morgan fingerprint density at radius 3 is 2.89 bits per heavy atom. The minimum absolute atomic E-state index is 0.138. The Labute approximate surface area is 119 Å². The molecule has 0 aliphatic carbocycles. The van der Waals surface area contributed by atoms with Gasteiger partial charge < -0.3 is 9.84 Å². The summed E-state index contributed by atoms with van der Waals surface area (Å²) in [6, 6.07) is 7.16. The molecule has 2 rings (SSSR count). The zero-order chi connectivity index (χ0) is 13.1. The number of aliphatic hydroxyl groups excluding tert-OH is 1. The van der Waals surface area contributed by atoms with Gasteiger partial charge in [0.15, 0.2) is 0 Å². The van der Waals surface area contributed by atoms with Crippen LogP contribution in [0.4, 0.5) is 0 Å². The van der Waals surface area contributed by atoms with Crippen molar-refractivity contribution in [3.63, 3.8) is 0 Å². The van der Waals surface area contributed by atoms with E-state index < -0.39 is 0 Å². The highest BCUT2D eigenvalue weighted by atomic mass is 79.9. The van der Waals surface area contributed by atoms with Gasteiger partial charge in [-0.15, -0.1) is 0 Å². The summed E-state index contributed by atoms with van der Waals surface area (Å²) in [4.78, 5) is 4.14. The van der Waals surface area contributed by atoms with Gasteiger partial charge in [0.2, 0.25) is 5.88 Å². The first-order valence-corrected chi connectivity index (χ1v) is 6.46. The molecule has 1 heterocycles. The van der Waals surface area contributed by atoms with E-state index in [0.29, 0.717) is 22.2 Å². The molecular formula is C13H11BrClNO2. The van der Waals surface area contributed by atoms with Crippen LogP contribution in [0.5, 0.6) is 11.6 Å². The molecule has 0 atom stereocenters. The Morgan fingerprint density at radius 2 is 2.17 bits per heavy atom. The molecule has 0 saturated carbocycles. The van der Waals surface area contributed by atoms with Crippen molar-refractivity contribution < 1.29 is 9.84 Å². The molecule has 0 aliphatic heterocycles. The number of aliphatic hydroxyl groups is 1. The Hall–Kier alpha value is -1.10. The van der Waals surface area contributed by atoms with Gasteiger partial charge in [-0.25, -0.2) is 4.98 Å². The van der Waals surface area contributed by atoms with Gasteiger partial charge in [0.1, 0.15) is 5.75 Å². The predicted octanol–water partition coefficient (Wildman–Crippen LogP) is 4.09. The van der Waals surface area contributed by atoms with E-state index in [4.69, 9.17) is 16.3 Å². The molecule has 0 fully saturated rings. The third-order valence-electron chi connectivity index (χ3n) is 2.42. The molecule has 2 aromatic rings. The Kier molecular flexibility index (Phi) is 4.22. The standard InChI is InChI=1S/C13H11BrClNO2/c1-8-2-3-11(15)5-12(8)18-13-9(7-17)4-10(14)6-16-13/h2-6,17H,7H2,1H3. The topological polar surface area (TPSA) is 42.4 Å². The van der Waals surface area contributed by atoms with Crippen LogP contribution in [0.15, 0.2) is 34.9 Å². The lowest BCUT2D eigenvalue weighted by atomic mass is 10.2. The third kappa shape index (κ3) is 3.02. The summed E-state index contributed by atoms with van der Waals surface area (Å²) >= 11 is 9.22. The predicted molar refractivity (Wildman–Crippen MR) is 74.1 cm³/mol. The fourth-order valence-corrected chi connectivity index (χ4v) is 2.00. The van der Waals surface area contributed by atoms with Crippen molar-refractivity contribution in [1.29, 1.82) is 0 Å². The van der Waals surface area contributed by atoms with E-state index in [2.05, 4.69) is 20.9 Å². The molecule has 5 heteroatoms. The van der Waals surface area contributed by atoms with E-state index in [1.54, 1.807) is 24.4 Å². The summed E-state index contributed by atoms with van der Waals surface area (Å²) in [7, 11) is 0. The maximum absolute atomic E-state index is 9.28. The highest BCUT2D eigenvalue weighted by Gasteiger charge is 2.09. The second kappa shape index (κ2) is 5.69. The van der Waals surface area contributed by atoms with Gasteiger partial charge in [-0.2, -0.15) is 0 Å². The smallest absolute Gasteiger partial charge is 0.224 e. The number of pyridine rings is 1.